The number of hydrogen-bond acceptors (Lipinski definition) is 4. The molecule has 2 N–H and O–H groups in total. The SMILES string of the molecule is CCCNC(=O)CN1CCC(NC(=O)CS[C@H](c2ccccc2)c2ccc(Cl)cc2)CC1. The Morgan fingerprint density at radius 2 is 1.69 bits per heavy atom. The van der Waals surface area contributed by atoms with Crippen molar-refractivity contribution in [2.75, 3.05) is 31.9 Å². The Balaban J connectivity index is 1.48. The number of piperidine rings is 1. The van der Waals surface area contributed by atoms with Gasteiger partial charge < -0.3 is 10.6 Å². The average Bonchev–Trinajstić information content (AvgIpc) is 2.81. The first-order chi connectivity index (χ1) is 15.5. The summed E-state index contributed by atoms with van der Waals surface area (Å²) in [6, 6.07) is 18.2. The van der Waals surface area contributed by atoms with E-state index >= 15 is 0 Å². The van der Waals surface area contributed by atoms with Crippen LogP contribution >= 0.6 is 23.4 Å². The van der Waals surface area contributed by atoms with Gasteiger partial charge in [0.15, 0.2) is 0 Å². The molecule has 2 aromatic rings. The number of hydrogen-bond donors (Lipinski definition) is 2. The molecule has 0 aromatic heterocycles. The van der Waals surface area contributed by atoms with Gasteiger partial charge in [0.25, 0.3) is 0 Å². The highest BCUT2D eigenvalue weighted by Gasteiger charge is 2.23. The zero-order chi connectivity index (χ0) is 22.8. The summed E-state index contributed by atoms with van der Waals surface area (Å²) in [5.41, 5.74) is 2.30. The van der Waals surface area contributed by atoms with Gasteiger partial charge in [-0.25, -0.2) is 0 Å². The minimum absolute atomic E-state index is 0.0593. The lowest BCUT2D eigenvalue weighted by atomic mass is 10.0. The van der Waals surface area contributed by atoms with Crippen LogP contribution in [0.5, 0.6) is 0 Å². The first kappa shape index (κ1) is 24.6. The van der Waals surface area contributed by atoms with Crippen molar-refractivity contribution in [2.45, 2.75) is 37.5 Å². The summed E-state index contributed by atoms with van der Waals surface area (Å²) in [5.74, 6) is 0.533. The topological polar surface area (TPSA) is 61.4 Å². The summed E-state index contributed by atoms with van der Waals surface area (Å²) in [6.45, 7) is 4.87. The van der Waals surface area contributed by atoms with Crippen LogP contribution in [-0.2, 0) is 9.59 Å². The number of rotatable bonds is 10. The van der Waals surface area contributed by atoms with Crippen molar-refractivity contribution in [3.63, 3.8) is 0 Å². The van der Waals surface area contributed by atoms with E-state index in [1.807, 2.05) is 49.4 Å². The fourth-order valence-electron chi connectivity index (χ4n) is 3.84. The van der Waals surface area contributed by atoms with Crippen LogP contribution in [0.25, 0.3) is 0 Å². The van der Waals surface area contributed by atoms with E-state index in [9.17, 15) is 9.59 Å². The van der Waals surface area contributed by atoms with Gasteiger partial charge in [0.1, 0.15) is 0 Å². The van der Waals surface area contributed by atoms with Crippen molar-refractivity contribution in [3.8, 4) is 0 Å². The van der Waals surface area contributed by atoms with E-state index in [0.717, 1.165) is 44.5 Å². The number of nitrogens with one attached hydrogen (secondary N) is 2. The summed E-state index contributed by atoms with van der Waals surface area (Å²) >= 11 is 7.69. The quantitative estimate of drug-likeness (QED) is 0.541. The summed E-state index contributed by atoms with van der Waals surface area (Å²) in [7, 11) is 0. The second kappa shape index (κ2) is 12.9. The van der Waals surface area contributed by atoms with Crippen LogP contribution in [-0.4, -0.2) is 54.7 Å². The lowest BCUT2D eigenvalue weighted by Gasteiger charge is -2.32. The fourth-order valence-corrected chi connectivity index (χ4v) is 5.06. The Hall–Kier alpha value is -2.02. The van der Waals surface area contributed by atoms with Crippen LogP contribution in [0.2, 0.25) is 5.02 Å². The number of amides is 2. The van der Waals surface area contributed by atoms with E-state index in [1.54, 1.807) is 11.8 Å². The van der Waals surface area contributed by atoms with Crippen LogP contribution in [0, 0.1) is 0 Å². The molecule has 2 amide bonds. The van der Waals surface area contributed by atoms with Crippen LogP contribution in [0.4, 0.5) is 0 Å². The third-order valence-corrected chi connectivity index (χ3v) is 7.11. The molecule has 5 nitrogen and oxygen atoms in total. The minimum Gasteiger partial charge on any atom is -0.355 e. The van der Waals surface area contributed by atoms with Crippen molar-refractivity contribution in [1.29, 1.82) is 0 Å². The van der Waals surface area contributed by atoms with E-state index in [1.165, 1.54) is 5.56 Å². The van der Waals surface area contributed by atoms with E-state index in [-0.39, 0.29) is 23.1 Å². The van der Waals surface area contributed by atoms with Crippen LogP contribution < -0.4 is 10.6 Å². The molecule has 1 saturated heterocycles. The molecule has 3 rings (SSSR count). The number of carbonyl (C=O) groups is 2. The Labute approximate surface area is 200 Å². The van der Waals surface area contributed by atoms with E-state index in [4.69, 9.17) is 11.6 Å². The van der Waals surface area contributed by atoms with Gasteiger partial charge in [-0.2, -0.15) is 0 Å². The number of carbonyl (C=O) groups excluding carboxylic acids is 2. The van der Waals surface area contributed by atoms with Gasteiger partial charge in [-0.3, -0.25) is 14.5 Å². The molecule has 1 atom stereocenters. The molecule has 2 aromatic carbocycles. The van der Waals surface area contributed by atoms with Gasteiger partial charge in [-0.05, 0) is 42.5 Å². The lowest BCUT2D eigenvalue weighted by molar-refractivity contribution is -0.123. The van der Waals surface area contributed by atoms with E-state index in [2.05, 4.69) is 27.7 Å². The molecule has 1 aliphatic heterocycles. The predicted octanol–water partition coefficient (Wildman–Crippen LogP) is 4.27. The molecule has 0 bridgehead atoms. The molecular formula is C25H32ClN3O2S. The minimum atomic E-state index is 0.0593. The normalized spacial score (nSPS) is 15.8. The van der Waals surface area contributed by atoms with E-state index in [0.29, 0.717) is 17.3 Å². The van der Waals surface area contributed by atoms with Gasteiger partial charge in [-0.1, -0.05) is 61.0 Å². The summed E-state index contributed by atoms with van der Waals surface area (Å²) in [5, 5.41) is 6.88. The summed E-state index contributed by atoms with van der Waals surface area (Å²) < 4.78 is 0. The smallest absolute Gasteiger partial charge is 0.234 e. The molecule has 0 spiro atoms. The maximum atomic E-state index is 12.7. The maximum Gasteiger partial charge on any atom is 0.234 e. The third kappa shape index (κ3) is 7.84. The molecule has 1 aliphatic rings. The molecule has 0 aliphatic carbocycles. The van der Waals surface area contributed by atoms with Gasteiger partial charge in [-0.15, -0.1) is 11.8 Å². The number of likely N-dealkylation sites (tertiary alicyclic amines) is 1. The first-order valence-corrected chi connectivity index (χ1v) is 12.7. The van der Waals surface area contributed by atoms with E-state index < -0.39 is 0 Å². The molecule has 7 heteroatoms. The van der Waals surface area contributed by atoms with Crippen LogP contribution in [0.3, 0.4) is 0 Å². The number of halogens is 1. The monoisotopic (exact) mass is 473 g/mol. The lowest BCUT2D eigenvalue weighted by Crippen LogP contribution is -2.47. The van der Waals surface area contributed by atoms with Crippen molar-refractivity contribution in [1.82, 2.24) is 15.5 Å². The molecule has 172 valence electrons. The Morgan fingerprint density at radius 3 is 2.34 bits per heavy atom. The van der Waals surface area contributed by atoms with Crippen molar-refractivity contribution in [2.24, 2.45) is 0 Å². The predicted molar refractivity (Wildman–Crippen MR) is 133 cm³/mol. The van der Waals surface area contributed by atoms with Crippen LogP contribution in [0.1, 0.15) is 42.6 Å². The second-order valence-corrected chi connectivity index (χ2v) is 9.65. The maximum absolute atomic E-state index is 12.7. The zero-order valence-corrected chi connectivity index (χ0v) is 20.1. The zero-order valence-electron chi connectivity index (χ0n) is 18.6. The molecular weight excluding hydrogens is 442 g/mol. The average molecular weight is 474 g/mol. The van der Waals surface area contributed by atoms with Gasteiger partial charge in [0.2, 0.25) is 11.8 Å². The van der Waals surface area contributed by atoms with Crippen LogP contribution in [0.15, 0.2) is 54.6 Å². The van der Waals surface area contributed by atoms with Gasteiger partial charge in [0.05, 0.1) is 17.5 Å². The highest BCUT2D eigenvalue weighted by atomic mass is 35.5. The molecule has 1 fully saturated rings. The summed E-state index contributed by atoms with van der Waals surface area (Å²) in [6.07, 6.45) is 2.69. The van der Waals surface area contributed by atoms with Crippen molar-refractivity contribution < 1.29 is 9.59 Å². The molecule has 0 saturated carbocycles. The van der Waals surface area contributed by atoms with Crippen molar-refractivity contribution >= 4 is 35.2 Å². The third-order valence-electron chi connectivity index (χ3n) is 5.55. The Kier molecular flexibility index (Phi) is 9.90. The molecule has 32 heavy (non-hydrogen) atoms. The molecule has 1 heterocycles. The second-order valence-electron chi connectivity index (χ2n) is 8.12. The molecule has 0 radical (unpaired) electrons. The number of thioether (sulfide) groups is 1. The highest BCUT2D eigenvalue weighted by Crippen LogP contribution is 2.36. The van der Waals surface area contributed by atoms with Gasteiger partial charge in [0, 0.05) is 30.7 Å². The Morgan fingerprint density at radius 1 is 1.03 bits per heavy atom. The fraction of sp³-hybridized carbons (Fsp3) is 0.440. The summed E-state index contributed by atoms with van der Waals surface area (Å²) in [4.78, 5) is 26.7. The molecule has 0 unspecified atom stereocenters. The van der Waals surface area contributed by atoms with Gasteiger partial charge >= 0.3 is 0 Å². The first-order valence-electron chi connectivity index (χ1n) is 11.3. The largest absolute Gasteiger partial charge is 0.355 e. The Bertz CT molecular complexity index is 855. The standard InChI is InChI=1S/C25H32ClN3O2S/c1-2-14-27-23(30)17-29-15-12-22(13-16-29)28-24(31)18-32-25(19-6-4-3-5-7-19)20-8-10-21(26)11-9-20/h3-11,22,25H,2,12-18H2,1H3,(H,27,30)(H,28,31)/t25-/m1/s1. The van der Waals surface area contributed by atoms with Crippen molar-refractivity contribution in [3.05, 3.63) is 70.7 Å². The number of nitrogens with zero attached hydrogens (tertiary/aromatic N) is 1. The highest BCUT2D eigenvalue weighted by molar-refractivity contribution is 8.00. The number of benzene rings is 2.